The number of carbonyl (C=O) groups excluding carboxylic acids is 1. The summed E-state index contributed by atoms with van der Waals surface area (Å²) in [4.78, 5) is 24.8. The molecule has 13 heteroatoms. The number of nitrogens with one attached hydrogen (secondary N) is 1. The Kier molecular flexibility index (Phi) is 9.33. The lowest BCUT2D eigenvalue weighted by Crippen LogP contribution is -2.46. The number of anilines is 1. The van der Waals surface area contributed by atoms with Crippen LogP contribution in [-0.2, 0) is 30.0 Å². The number of hydrogen-bond donors (Lipinski definition) is 2. The number of oxime groups is 1. The van der Waals surface area contributed by atoms with E-state index in [9.17, 15) is 9.36 Å². The van der Waals surface area contributed by atoms with Gasteiger partial charge in [-0.3, -0.25) is 9.36 Å². The van der Waals surface area contributed by atoms with Crippen molar-refractivity contribution in [3.8, 4) is 0 Å². The largest absolute Gasteiger partial charge is 0.464 e. The van der Waals surface area contributed by atoms with Crippen LogP contribution in [0.2, 0.25) is 0 Å². The van der Waals surface area contributed by atoms with Gasteiger partial charge in [0.25, 0.3) is 0 Å². The van der Waals surface area contributed by atoms with Gasteiger partial charge in [0.15, 0.2) is 11.5 Å². The number of fused-ring (bicyclic) bond motifs is 1. The Morgan fingerprint density at radius 2 is 2.06 bits per heavy atom. The molecule has 2 aromatic heterocycles. The molecule has 1 unspecified atom stereocenters. The van der Waals surface area contributed by atoms with Crippen LogP contribution >= 0.6 is 7.52 Å². The van der Waals surface area contributed by atoms with Crippen molar-refractivity contribution in [3.63, 3.8) is 0 Å². The lowest BCUT2D eigenvalue weighted by atomic mass is 10.1. The van der Waals surface area contributed by atoms with Crippen LogP contribution in [0.15, 0.2) is 17.8 Å². The fourth-order valence-corrected chi connectivity index (χ4v) is 4.61. The molecule has 3 N–H and O–H groups in total. The van der Waals surface area contributed by atoms with Crippen LogP contribution < -0.4 is 10.8 Å². The Bertz CT molecular complexity index is 1020. The molecule has 0 saturated heterocycles. The summed E-state index contributed by atoms with van der Waals surface area (Å²) in [5, 5.41) is 6.61. The van der Waals surface area contributed by atoms with Crippen LogP contribution in [0, 0.1) is 0 Å². The van der Waals surface area contributed by atoms with Gasteiger partial charge in [0.2, 0.25) is 0 Å². The first kappa shape index (κ1) is 26.7. The molecule has 0 aliphatic heterocycles. The Hall–Kier alpha value is -2.56. The zero-order chi connectivity index (χ0) is 24.6. The molecule has 0 radical (unpaired) electrons. The Labute approximate surface area is 193 Å². The molecule has 2 rings (SSSR count). The molecule has 33 heavy (non-hydrogen) atoms. The first-order valence-corrected chi connectivity index (χ1v) is 12.6. The van der Waals surface area contributed by atoms with E-state index >= 15 is 0 Å². The predicted molar refractivity (Wildman–Crippen MR) is 126 cm³/mol. The molecule has 0 aliphatic rings. The van der Waals surface area contributed by atoms with Crippen LogP contribution in [0.5, 0.6) is 0 Å². The summed E-state index contributed by atoms with van der Waals surface area (Å²) in [5.41, 5.74) is 6.18. The molecule has 0 saturated carbocycles. The molecule has 0 amide bonds. The van der Waals surface area contributed by atoms with E-state index in [1.807, 2.05) is 6.92 Å². The number of esters is 1. The van der Waals surface area contributed by atoms with Crippen molar-refractivity contribution in [2.75, 3.05) is 18.7 Å². The van der Waals surface area contributed by atoms with Crippen molar-refractivity contribution in [1.29, 1.82) is 0 Å². The predicted octanol–water partition coefficient (Wildman–Crippen LogP) is 3.09. The number of nitrogens with zero attached hydrogens (tertiary/aromatic N) is 5. The van der Waals surface area contributed by atoms with Gasteiger partial charge >= 0.3 is 13.5 Å². The van der Waals surface area contributed by atoms with Crippen molar-refractivity contribution < 1.29 is 23.5 Å². The number of hydrogen-bond acceptors (Lipinski definition) is 10. The fourth-order valence-electron chi connectivity index (χ4n) is 2.77. The van der Waals surface area contributed by atoms with Gasteiger partial charge in [-0.2, -0.15) is 0 Å². The van der Waals surface area contributed by atoms with E-state index in [2.05, 4.69) is 25.2 Å². The molecule has 0 aromatic carbocycles. The third kappa shape index (κ3) is 7.76. The average Bonchev–Trinajstić information content (AvgIpc) is 3.15. The van der Waals surface area contributed by atoms with Crippen LogP contribution in [0.25, 0.3) is 11.2 Å². The van der Waals surface area contributed by atoms with Crippen LogP contribution in [0.1, 0.15) is 54.4 Å². The third-order valence-electron chi connectivity index (χ3n) is 4.46. The van der Waals surface area contributed by atoms with Crippen LogP contribution in [-0.4, -0.2) is 55.8 Å². The van der Waals surface area contributed by atoms with Crippen LogP contribution in [0.4, 0.5) is 5.82 Å². The Balaban J connectivity index is 2.08. The molecule has 2 heterocycles. The highest BCUT2D eigenvalue weighted by Gasteiger charge is 2.39. The second-order valence-corrected chi connectivity index (χ2v) is 10.4. The summed E-state index contributed by atoms with van der Waals surface area (Å²) < 4.78 is 31.7. The second kappa shape index (κ2) is 11.5. The minimum atomic E-state index is -3.72. The van der Waals surface area contributed by atoms with Crippen molar-refractivity contribution in [2.45, 2.75) is 72.6 Å². The van der Waals surface area contributed by atoms with E-state index in [1.54, 1.807) is 45.5 Å². The van der Waals surface area contributed by atoms with Gasteiger partial charge in [0.05, 0.1) is 31.3 Å². The van der Waals surface area contributed by atoms with Gasteiger partial charge in [-0.05, 0) is 41.0 Å². The minimum absolute atomic E-state index is 0.287. The lowest BCUT2D eigenvalue weighted by Gasteiger charge is -2.29. The number of imidazole rings is 1. The monoisotopic (exact) mass is 483 g/mol. The minimum Gasteiger partial charge on any atom is -0.464 e. The van der Waals surface area contributed by atoms with Gasteiger partial charge in [-0.25, -0.2) is 20.0 Å². The SMILES string of the molecule is CCCCOC(=O)C(C)(C)NP(=O)(CO[C@H](C)Cn1cnc2c(N)ncnc21)ON=C(C)C. The number of unbranched alkanes of at least 4 members (excludes halogenated alkanes) is 1. The zero-order valence-corrected chi connectivity index (χ0v) is 21.0. The number of rotatable bonds is 13. The van der Waals surface area contributed by atoms with Gasteiger partial charge in [0.1, 0.15) is 23.7 Å². The van der Waals surface area contributed by atoms with Gasteiger partial charge in [-0.1, -0.05) is 18.5 Å². The first-order chi connectivity index (χ1) is 15.5. The highest BCUT2D eigenvalue weighted by molar-refractivity contribution is 7.56. The maximum absolute atomic E-state index is 13.5. The van der Waals surface area contributed by atoms with Crippen molar-refractivity contribution in [2.24, 2.45) is 5.16 Å². The summed E-state index contributed by atoms with van der Waals surface area (Å²) in [6, 6.07) is 0. The van der Waals surface area contributed by atoms with Gasteiger partial charge in [0, 0.05) is 0 Å². The molecular weight excluding hydrogens is 449 g/mol. The van der Waals surface area contributed by atoms with E-state index < -0.39 is 25.1 Å². The normalized spacial score (nSPS) is 14.5. The molecule has 0 bridgehead atoms. The smallest absolute Gasteiger partial charge is 0.365 e. The average molecular weight is 484 g/mol. The lowest BCUT2D eigenvalue weighted by molar-refractivity contribution is -0.149. The zero-order valence-electron chi connectivity index (χ0n) is 20.1. The molecule has 2 aromatic rings. The standard InChI is InChI=1S/C20H34N7O5P/c1-7-8-9-30-19(28)20(5,6)26-33(29,32-25-14(2)3)13-31-15(4)10-27-12-24-16-17(21)22-11-23-18(16)27/h11-12,15H,7-10,13H2,1-6H3,(H,26,29)(H2,21,22,23)/t15-,33?/m1/s1. The Morgan fingerprint density at radius 1 is 1.33 bits per heavy atom. The van der Waals surface area contributed by atoms with Crippen LogP contribution in [0.3, 0.4) is 0 Å². The topological polar surface area (TPSA) is 156 Å². The summed E-state index contributed by atoms with van der Waals surface area (Å²) in [5.74, 6) is -0.248. The summed E-state index contributed by atoms with van der Waals surface area (Å²) in [6.07, 6.45) is 3.87. The van der Waals surface area contributed by atoms with Crippen molar-refractivity contribution in [1.82, 2.24) is 24.6 Å². The highest BCUT2D eigenvalue weighted by atomic mass is 31.2. The maximum atomic E-state index is 13.5. The van der Waals surface area contributed by atoms with E-state index in [0.29, 0.717) is 23.4 Å². The summed E-state index contributed by atoms with van der Waals surface area (Å²) in [7, 11) is -3.72. The number of nitrogen functional groups attached to an aromatic ring is 1. The molecule has 2 atom stereocenters. The maximum Gasteiger partial charge on any atom is 0.365 e. The summed E-state index contributed by atoms with van der Waals surface area (Å²) >= 11 is 0. The summed E-state index contributed by atoms with van der Waals surface area (Å²) in [6.45, 7) is 11.0. The molecule has 0 fully saturated rings. The van der Waals surface area contributed by atoms with E-state index in [4.69, 9.17) is 19.8 Å². The fraction of sp³-hybridized carbons (Fsp3) is 0.650. The quantitative estimate of drug-likeness (QED) is 0.143. The molecule has 0 aliphatic carbocycles. The highest BCUT2D eigenvalue weighted by Crippen LogP contribution is 2.45. The van der Waals surface area contributed by atoms with E-state index in [1.165, 1.54) is 6.33 Å². The molecule has 184 valence electrons. The number of carbonyl (C=O) groups is 1. The van der Waals surface area contributed by atoms with Gasteiger partial charge in [-0.15, -0.1) is 0 Å². The van der Waals surface area contributed by atoms with Crippen molar-refractivity contribution in [3.05, 3.63) is 12.7 Å². The number of ether oxygens (including phenoxy) is 2. The van der Waals surface area contributed by atoms with Crippen molar-refractivity contribution >= 4 is 36.2 Å². The van der Waals surface area contributed by atoms with E-state index in [0.717, 1.165) is 12.8 Å². The molecule has 12 nitrogen and oxygen atoms in total. The number of nitrogens with two attached hydrogens (primary N) is 1. The van der Waals surface area contributed by atoms with E-state index in [-0.39, 0.29) is 18.8 Å². The second-order valence-electron chi connectivity index (χ2n) is 8.45. The third-order valence-corrected chi connectivity index (χ3v) is 6.19. The first-order valence-electron chi connectivity index (χ1n) is 10.8. The molecular formula is C20H34N7O5P. The van der Waals surface area contributed by atoms with Gasteiger partial charge < -0.3 is 24.4 Å². The molecule has 0 spiro atoms. The number of aromatic nitrogens is 4. The Morgan fingerprint density at radius 3 is 2.73 bits per heavy atom.